The molecule has 4 amide bonds. The second kappa shape index (κ2) is 19.4. The molecule has 0 saturated carbocycles. The maximum absolute atomic E-state index is 14.6. The number of hydrogen-bond donors (Lipinski definition) is 4. The van der Waals surface area contributed by atoms with Crippen molar-refractivity contribution in [2.45, 2.75) is 114 Å². The molecule has 3 fully saturated rings. The molecule has 0 unspecified atom stereocenters. The fourth-order valence-corrected chi connectivity index (χ4v) is 11.5. The minimum Gasteiger partial charge on any atom is -0.453 e. The molecule has 0 aliphatic carbocycles. The van der Waals surface area contributed by atoms with E-state index in [-0.39, 0.29) is 41.4 Å². The first kappa shape index (κ1) is 48.9. The molecule has 0 radical (unpaired) electrons. The van der Waals surface area contributed by atoms with Gasteiger partial charge in [-0.25, -0.2) is 19.6 Å². The lowest BCUT2D eigenvalue weighted by atomic mass is 9.87. The summed E-state index contributed by atoms with van der Waals surface area (Å²) in [5.74, 6) is 0.973. The van der Waals surface area contributed by atoms with Crippen molar-refractivity contribution in [1.82, 2.24) is 40.4 Å². The van der Waals surface area contributed by atoms with Crippen LogP contribution in [0.5, 0.6) is 0 Å². The molecule has 6 atom stereocenters. The Morgan fingerprint density at radius 1 is 0.534 bits per heavy atom. The molecule has 7 aromatic rings. The zero-order chi connectivity index (χ0) is 51.2. The van der Waals surface area contributed by atoms with E-state index in [1.54, 1.807) is 13.8 Å². The summed E-state index contributed by atoms with van der Waals surface area (Å²) in [6.07, 6.45) is 3.48. The topological polar surface area (TPSA) is 178 Å². The molecule has 5 heterocycles. The third kappa shape index (κ3) is 9.14. The van der Waals surface area contributed by atoms with Crippen molar-refractivity contribution in [2.24, 2.45) is 0 Å². The number of benzene rings is 5. The lowest BCUT2D eigenvalue weighted by molar-refractivity contribution is -0.139. The number of aromatic nitrogens is 4. The average molecular weight is 984 g/mol. The molecule has 15 nitrogen and oxygen atoms in total. The number of carbonyl (C=O) groups excluding carboxylic acids is 4. The fourth-order valence-electron chi connectivity index (χ4n) is 11.5. The van der Waals surface area contributed by atoms with Gasteiger partial charge in [-0.2, -0.15) is 0 Å². The van der Waals surface area contributed by atoms with Crippen LogP contribution in [0.3, 0.4) is 0 Å². The van der Waals surface area contributed by atoms with E-state index in [2.05, 4.69) is 107 Å². The van der Waals surface area contributed by atoms with E-state index in [1.165, 1.54) is 19.8 Å². The number of nitrogens with one attached hydrogen (secondary N) is 4. The van der Waals surface area contributed by atoms with Gasteiger partial charge < -0.3 is 44.8 Å². The van der Waals surface area contributed by atoms with Gasteiger partial charge in [0.1, 0.15) is 22.7 Å². The molecule has 3 aliphatic rings. The van der Waals surface area contributed by atoms with E-state index in [0.717, 1.165) is 77.4 Å². The maximum atomic E-state index is 14.6. The number of anilines is 1. The van der Waals surface area contributed by atoms with Crippen molar-refractivity contribution in [3.63, 3.8) is 0 Å². The van der Waals surface area contributed by atoms with Gasteiger partial charge in [-0.05, 0) is 122 Å². The number of rotatable bonds is 11. The van der Waals surface area contributed by atoms with Gasteiger partial charge in [-0.15, -0.1) is 0 Å². The highest BCUT2D eigenvalue weighted by atomic mass is 16.5. The number of likely N-dealkylation sites (tertiary alicyclic amines) is 2. The molecule has 3 aliphatic heterocycles. The number of aromatic amines is 2. The number of amides is 4. The van der Waals surface area contributed by atoms with Crippen LogP contribution in [0, 0.1) is 0 Å². The summed E-state index contributed by atoms with van der Waals surface area (Å²) in [5, 5.41) is 5.68. The van der Waals surface area contributed by atoms with Crippen LogP contribution >= 0.6 is 0 Å². The van der Waals surface area contributed by atoms with Crippen LogP contribution in [0.1, 0.15) is 137 Å². The van der Waals surface area contributed by atoms with Crippen molar-refractivity contribution >= 4 is 51.8 Å². The van der Waals surface area contributed by atoms with Gasteiger partial charge in [-0.3, -0.25) is 9.59 Å². The third-order valence-corrected chi connectivity index (χ3v) is 15.5. The molecule has 0 spiro atoms. The van der Waals surface area contributed by atoms with Crippen molar-refractivity contribution in [2.75, 3.05) is 32.2 Å². The second-order valence-corrected chi connectivity index (χ2v) is 21.1. The number of carbonyl (C=O) groups is 4. The first-order chi connectivity index (χ1) is 35.1. The summed E-state index contributed by atoms with van der Waals surface area (Å²) < 4.78 is 9.95. The lowest BCUT2D eigenvalue weighted by Crippen LogP contribution is -2.55. The molecule has 2 aromatic heterocycles. The van der Waals surface area contributed by atoms with Crippen LogP contribution in [0.15, 0.2) is 121 Å². The summed E-state index contributed by atoms with van der Waals surface area (Å²) in [6, 6.07) is 39.9. The summed E-state index contributed by atoms with van der Waals surface area (Å²) >= 11 is 0. The third-order valence-electron chi connectivity index (χ3n) is 15.5. The Morgan fingerprint density at radius 2 is 0.959 bits per heavy atom. The van der Waals surface area contributed by atoms with Crippen LogP contribution in [-0.4, -0.2) is 81.0 Å². The Balaban J connectivity index is 0.948. The van der Waals surface area contributed by atoms with Crippen LogP contribution in [-0.2, 0) is 35.6 Å². The van der Waals surface area contributed by atoms with E-state index in [9.17, 15) is 19.2 Å². The van der Waals surface area contributed by atoms with E-state index >= 15 is 0 Å². The van der Waals surface area contributed by atoms with Gasteiger partial charge in [0, 0.05) is 18.8 Å². The zero-order valence-corrected chi connectivity index (χ0v) is 42.7. The van der Waals surface area contributed by atoms with Crippen molar-refractivity contribution in [1.29, 1.82) is 0 Å². The Kier molecular flexibility index (Phi) is 13.0. The molecular weight excluding hydrogens is 919 g/mol. The van der Waals surface area contributed by atoms with Gasteiger partial charge in [0.2, 0.25) is 0 Å². The number of methoxy groups -OCH3 is 2. The van der Waals surface area contributed by atoms with Gasteiger partial charge in [0.25, 0.3) is 11.8 Å². The van der Waals surface area contributed by atoms with Gasteiger partial charge in [0.15, 0.2) is 0 Å². The minimum absolute atomic E-state index is 0.00978. The van der Waals surface area contributed by atoms with E-state index in [4.69, 9.17) is 19.4 Å². The van der Waals surface area contributed by atoms with E-state index < -0.39 is 23.3 Å². The zero-order valence-electron chi connectivity index (χ0n) is 42.7. The predicted octanol–water partition coefficient (Wildman–Crippen LogP) is 10.7. The molecule has 3 saturated heterocycles. The number of ether oxygens (including phenoxy) is 2. The first-order valence-corrected chi connectivity index (χ1v) is 25.4. The Hall–Kier alpha value is -7.68. The lowest BCUT2D eigenvalue weighted by Gasteiger charge is -2.35. The van der Waals surface area contributed by atoms with Crippen molar-refractivity contribution in [3.05, 3.63) is 161 Å². The van der Waals surface area contributed by atoms with Gasteiger partial charge >= 0.3 is 12.2 Å². The van der Waals surface area contributed by atoms with Gasteiger partial charge in [0.05, 0.1) is 60.5 Å². The summed E-state index contributed by atoms with van der Waals surface area (Å²) in [7, 11) is 2.59. The summed E-state index contributed by atoms with van der Waals surface area (Å²) in [4.78, 5) is 78.2. The number of alkyl carbamates (subject to hydrolysis) is 2. The van der Waals surface area contributed by atoms with Crippen LogP contribution < -0.4 is 15.5 Å². The highest BCUT2D eigenvalue weighted by Crippen LogP contribution is 2.48. The maximum Gasteiger partial charge on any atom is 0.407 e. The first-order valence-electron chi connectivity index (χ1n) is 25.4. The standard InChI is InChI=1S/C58H65N9O6/c1-56(2,3)38-24-26-41(27-25-38)67-46(36-22-28-42-44(34-36)61-50(59-42)48-20-14-32-65(48)52(68)57(4,63-54(70)72-6)39-16-10-8-11-17-39)30-31-47(67)37-23-29-43-45(35-37)62-51(60-43)49-21-15-33-66(49)53(69)58(5,64-55(71)73-7)40-18-12-9-13-19-40/h8-13,16-19,22-29,34-35,46-49H,14-15,20-21,30-33H2,1-7H3,(H,59,61)(H,60,62)(H,63,70)(H,64,71)/t46-,47-,48+,49+,57-,58-/m1/s1. The molecule has 378 valence electrons. The molecular formula is C58H65N9O6. The molecule has 4 N–H and O–H groups in total. The minimum atomic E-state index is -1.36. The highest BCUT2D eigenvalue weighted by molar-refractivity contribution is 5.92. The number of imidazole rings is 2. The number of hydrogen-bond acceptors (Lipinski definition) is 9. The molecule has 15 heteroatoms. The number of fused-ring (bicyclic) bond motifs is 2. The predicted molar refractivity (Wildman–Crippen MR) is 281 cm³/mol. The summed E-state index contributed by atoms with van der Waals surface area (Å²) in [6.45, 7) is 11.2. The van der Waals surface area contributed by atoms with Crippen LogP contribution in [0.4, 0.5) is 15.3 Å². The van der Waals surface area contributed by atoms with Crippen LogP contribution in [0.25, 0.3) is 22.1 Å². The quantitative estimate of drug-likeness (QED) is 0.0982. The van der Waals surface area contributed by atoms with E-state index in [0.29, 0.717) is 35.9 Å². The summed E-state index contributed by atoms with van der Waals surface area (Å²) in [5.41, 5.74) is 6.73. The molecule has 10 rings (SSSR count). The smallest absolute Gasteiger partial charge is 0.407 e. The van der Waals surface area contributed by atoms with E-state index in [1.807, 2.05) is 70.5 Å². The SMILES string of the molecule is COC(=O)N[C@@](C)(C(=O)N1CCC[C@H]1c1nc2ccc([C@H]3CC[C@H](c4ccc5nc([C@@H]6CCCN6C(=O)[C@](C)(NC(=O)OC)c6ccccc6)[nH]c5c4)N3c3ccc(C(C)(C)C)cc3)cc2[nH]1)c1ccccc1. The van der Waals surface area contributed by atoms with Crippen LogP contribution in [0.2, 0.25) is 0 Å². The Morgan fingerprint density at radius 3 is 1.36 bits per heavy atom. The molecule has 73 heavy (non-hydrogen) atoms. The molecule has 0 bridgehead atoms. The highest BCUT2D eigenvalue weighted by Gasteiger charge is 2.47. The number of H-pyrrole nitrogens is 2. The number of nitrogens with zero attached hydrogens (tertiary/aromatic N) is 5. The fraction of sp³-hybridized carbons (Fsp3) is 0.379. The normalized spacial score (nSPS) is 20.7. The Labute approximate surface area is 426 Å². The van der Waals surface area contributed by atoms with Crippen molar-refractivity contribution in [3.8, 4) is 0 Å². The Bertz CT molecular complexity index is 2980. The second-order valence-electron chi connectivity index (χ2n) is 21.1. The van der Waals surface area contributed by atoms with Gasteiger partial charge in [-0.1, -0.05) is 106 Å². The molecule has 5 aromatic carbocycles. The monoisotopic (exact) mass is 984 g/mol. The average Bonchev–Trinajstić information content (AvgIpc) is 4.27. The van der Waals surface area contributed by atoms with Crippen molar-refractivity contribution < 1.29 is 28.7 Å². The largest absolute Gasteiger partial charge is 0.453 e.